The highest BCUT2D eigenvalue weighted by Gasteiger charge is 2.28. The van der Waals surface area contributed by atoms with E-state index >= 15 is 0 Å². The van der Waals surface area contributed by atoms with Gasteiger partial charge in [-0.05, 0) is 79.4 Å². The van der Waals surface area contributed by atoms with E-state index in [1.807, 2.05) is 29.2 Å². The van der Waals surface area contributed by atoms with Crippen molar-refractivity contribution in [3.05, 3.63) is 84.2 Å². The highest BCUT2D eigenvalue weighted by atomic mass is 32.2. The number of amides is 2. The summed E-state index contributed by atoms with van der Waals surface area (Å²) in [5, 5.41) is 2.87. The summed E-state index contributed by atoms with van der Waals surface area (Å²) in [4.78, 5) is 17.4. The van der Waals surface area contributed by atoms with Gasteiger partial charge in [0, 0.05) is 43.6 Å². The maximum atomic E-state index is 13.6. The van der Waals surface area contributed by atoms with Crippen LogP contribution in [0.3, 0.4) is 0 Å². The number of ether oxygens (including phenoxy) is 1. The Hall–Kier alpha value is -3.63. The van der Waals surface area contributed by atoms with Gasteiger partial charge in [0.2, 0.25) is 10.0 Å². The second-order valence-electron chi connectivity index (χ2n) is 10.1. The zero-order chi connectivity index (χ0) is 28.5. The van der Waals surface area contributed by atoms with Crippen molar-refractivity contribution in [3.8, 4) is 11.5 Å². The van der Waals surface area contributed by atoms with Crippen molar-refractivity contribution < 1.29 is 22.3 Å². The summed E-state index contributed by atoms with van der Waals surface area (Å²) >= 11 is 0. The lowest BCUT2D eigenvalue weighted by Gasteiger charge is -2.38. The Bertz CT molecular complexity index is 1360. The Morgan fingerprint density at radius 3 is 2.25 bits per heavy atom. The van der Waals surface area contributed by atoms with Crippen LogP contribution in [0, 0.1) is 5.82 Å². The van der Waals surface area contributed by atoms with Gasteiger partial charge in [-0.25, -0.2) is 17.6 Å². The van der Waals surface area contributed by atoms with Crippen LogP contribution in [-0.2, 0) is 16.6 Å². The number of urea groups is 1. The van der Waals surface area contributed by atoms with Gasteiger partial charge in [0.1, 0.15) is 17.3 Å². The van der Waals surface area contributed by atoms with E-state index in [0.717, 1.165) is 51.6 Å². The Morgan fingerprint density at radius 2 is 1.65 bits per heavy atom. The third-order valence-corrected chi connectivity index (χ3v) is 7.42. The fourth-order valence-corrected chi connectivity index (χ4v) is 5.36. The summed E-state index contributed by atoms with van der Waals surface area (Å²) in [5.74, 6) is 0.939. The number of unbranched alkanes of at least 4 members (excludes halogenated alkanes) is 1. The standard InChI is InChI=1S/C30H37FN4O4S/c1-3-4-18-35(30(36)32-26-7-5-6-24(31)21-26)27-16-19-34(20-17-27)22-23-8-12-28(13-9-23)39-29-14-10-25(11-15-29)33-40(2,37)38/h5-15,21,27,33H,3-4,16-20,22H2,1-2H3,(H,32,36). The average Bonchev–Trinajstić information content (AvgIpc) is 2.91. The van der Waals surface area contributed by atoms with Gasteiger partial charge in [0.05, 0.1) is 6.26 Å². The molecule has 40 heavy (non-hydrogen) atoms. The molecule has 1 aliphatic heterocycles. The summed E-state index contributed by atoms with van der Waals surface area (Å²) in [7, 11) is -3.32. The smallest absolute Gasteiger partial charge is 0.322 e. The Kier molecular flexibility index (Phi) is 10.0. The van der Waals surface area contributed by atoms with Crippen LogP contribution in [-0.4, -0.2) is 56.2 Å². The third-order valence-electron chi connectivity index (χ3n) is 6.81. The van der Waals surface area contributed by atoms with E-state index in [9.17, 15) is 17.6 Å². The molecular weight excluding hydrogens is 531 g/mol. The van der Waals surface area contributed by atoms with Crippen LogP contribution in [0.5, 0.6) is 11.5 Å². The molecule has 1 heterocycles. The maximum Gasteiger partial charge on any atom is 0.322 e. The Labute approximate surface area is 236 Å². The molecule has 0 unspecified atom stereocenters. The van der Waals surface area contributed by atoms with Gasteiger partial charge in [-0.3, -0.25) is 9.62 Å². The number of nitrogens with one attached hydrogen (secondary N) is 2. The summed E-state index contributed by atoms with van der Waals surface area (Å²) in [6, 6.07) is 20.6. The van der Waals surface area contributed by atoms with Crippen molar-refractivity contribution >= 4 is 27.4 Å². The molecule has 1 fully saturated rings. The van der Waals surface area contributed by atoms with Crippen molar-refractivity contribution in [2.24, 2.45) is 0 Å². The van der Waals surface area contributed by atoms with Crippen molar-refractivity contribution in [1.82, 2.24) is 9.80 Å². The molecule has 8 nitrogen and oxygen atoms in total. The lowest BCUT2D eigenvalue weighted by Crippen LogP contribution is -2.49. The molecule has 0 saturated carbocycles. The van der Waals surface area contributed by atoms with Crippen molar-refractivity contribution in [2.45, 2.75) is 45.2 Å². The van der Waals surface area contributed by atoms with Crippen LogP contribution >= 0.6 is 0 Å². The van der Waals surface area contributed by atoms with Crippen LogP contribution in [0.4, 0.5) is 20.6 Å². The van der Waals surface area contributed by atoms with Crippen molar-refractivity contribution in [3.63, 3.8) is 0 Å². The molecule has 0 radical (unpaired) electrons. The summed E-state index contributed by atoms with van der Waals surface area (Å²) < 4.78 is 44.6. The number of piperidine rings is 1. The molecule has 0 bridgehead atoms. The van der Waals surface area contributed by atoms with E-state index in [1.54, 1.807) is 36.4 Å². The maximum absolute atomic E-state index is 13.6. The minimum absolute atomic E-state index is 0.145. The minimum Gasteiger partial charge on any atom is -0.457 e. The second kappa shape index (κ2) is 13.6. The largest absolute Gasteiger partial charge is 0.457 e. The number of anilines is 2. The molecule has 2 N–H and O–H groups in total. The lowest BCUT2D eigenvalue weighted by molar-refractivity contribution is 0.122. The predicted octanol–water partition coefficient (Wildman–Crippen LogP) is 6.29. The molecule has 0 aliphatic carbocycles. The minimum atomic E-state index is -3.32. The average molecular weight is 569 g/mol. The second-order valence-corrected chi connectivity index (χ2v) is 11.9. The van der Waals surface area contributed by atoms with E-state index in [-0.39, 0.29) is 17.9 Å². The normalized spacial score (nSPS) is 14.5. The third kappa shape index (κ3) is 8.96. The van der Waals surface area contributed by atoms with Crippen LogP contribution in [0.2, 0.25) is 0 Å². The molecule has 0 spiro atoms. The first-order valence-electron chi connectivity index (χ1n) is 13.6. The van der Waals surface area contributed by atoms with Gasteiger partial charge in [-0.15, -0.1) is 0 Å². The van der Waals surface area contributed by atoms with E-state index in [4.69, 9.17) is 4.74 Å². The molecule has 3 aromatic carbocycles. The van der Waals surface area contributed by atoms with Crippen LogP contribution in [0.15, 0.2) is 72.8 Å². The Morgan fingerprint density at radius 1 is 1.00 bits per heavy atom. The zero-order valence-corrected chi connectivity index (χ0v) is 23.8. The van der Waals surface area contributed by atoms with Gasteiger partial charge >= 0.3 is 6.03 Å². The van der Waals surface area contributed by atoms with Gasteiger partial charge in [-0.2, -0.15) is 0 Å². The van der Waals surface area contributed by atoms with E-state index < -0.39 is 10.0 Å². The topological polar surface area (TPSA) is 91.0 Å². The number of nitrogens with zero attached hydrogens (tertiary/aromatic N) is 2. The number of hydrogen-bond donors (Lipinski definition) is 2. The van der Waals surface area contributed by atoms with E-state index in [1.165, 1.54) is 17.7 Å². The fraction of sp³-hybridized carbons (Fsp3) is 0.367. The zero-order valence-electron chi connectivity index (χ0n) is 23.0. The van der Waals surface area contributed by atoms with E-state index in [0.29, 0.717) is 29.4 Å². The lowest BCUT2D eigenvalue weighted by atomic mass is 10.0. The molecule has 2 amide bonds. The number of likely N-dealkylation sites (tertiary alicyclic amines) is 1. The highest BCUT2D eigenvalue weighted by molar-refractivity contribution is 7.92. The number of carbonyl (C=O) groups is 1. The van der Waals surface area contributed by atoms with Crippen molar-refractivity contribution in [1.29, 1.82) is 0 Å². The number of carbonyl (C=O) groups excluding carboxylic acids is 1. The number of hydrogen-bond acceptors (Lipinski definition) is 5. The number of rotatable bonds is 11. The molecule has 10 heteroatoms. The first-order valence-corrected chi connectivity index (χ1v) is 15.5. The fourth-order valence-electron chi connectivity index (χ4n) is 4.79. The van der Waals surface area contributed by atoms with E-state index in [2.05, 4.69) is 21.9 Å². The molecule has 1 aliphatic rings. The predicted molar refractivity (Wildman–Crippen MR) is 157 cm³/mol. The van der Waals surface area contributed by atoms with Crippen LogP contribution < -0.4 is 14.8 Å². The van der Waals surface area contributed by atoms with Gasteiger partial charge in [0.15, 0.2) is 0 Å². The summed E-state index contributed by atoms with van der Waals surface area (Å²) in [6.07, 6.45) is 4.79. The molecule has 3 aromatic rings. The first kappa shape index (κ1) is 29.4. The molecule has 0 atom stereocenters. The van der Waals surface area contributed by atoms with Crippen LogP contribution in [0.25, 0.3) is 0 Å². The molecule has 0 aromatic heterocycles. The highest BCUT2D eigenvalue weighted by Crippen LogP contribution is 2.25. The van der Waals surface area contributed by atoms with Crippen molar-refractivity contribution in [2.75, 3.05) is 35.9 Å². The molecular formula is C30H37FN4O4S. The quantitative estimate of drug-likeness (QED) is 0.284. The SMILES string of the molecule is CCCCN(C(=O)Nc1cccc(F)c1)C1CCN(Cc2ccc(Oc3ccc(NS(C)(=O)=O)cc3)cc2)CC1. The van der Waals surface area contributed by atoms with Gasteiger partial charge in [0.25, 0.3) is 0 Å². The summed E-state index contributed by atoms with van der Waals surface area (Å²) in [5.41, 5.74) is 2.12. The number of benzene rings is 3. The molecule has 1 saturated heterocycles. The number of sulfonamides is 1. The Balaban J connectivity index is 1.27. The summed E-state index contributed by atoms with van der Waals surface area (Å²) in [6.45, 7) is 5.36. The number of halogens is 1. The monoisotopic (exact) mass is 568 g/mol. The first-order chi connectivity index (χ1) is 19.2. The molecule has 214 valence electrons. The van der Waals surface area contributed by atoms with Crippen LogP contribution in [0.1, 0.15) is 38.2 Å². The van der Waals surface area contributed by atoms with Gasteiger partial charge in [-0.1, -0.05) is 31.5 Å². The van der Waals surface area contributed by atoms with Gasteiger partial charge < -0.3 is 15.0 Å². The molecule has 4 rings (SSSR count).